The molecule has 0 aliphatic rings. The Morgan fingerprint density at radius 3 is 2.54 bits per heavy atom. The van der Waals surface area contributed by atoms with Crippen molar-refractivity contribution in [1.29, 1.82) is 0 Å². The lowest BCUT2D eigenvalue weighted by Crippen LogP contribution is -2.38. The number of amides is 1. The van der Waals surface area contributed by atoms with E-state index in [1.165, 1.54) is 19.2 Å². The maximum absolute atomic E-state index is 12.7. The van der Waals surface area contributed by atoms with Gasteiger partial charge in [-0.25, -0.2) is 8.42 Å². The van der Waals surface area contributed by atoms with Crippen LogP contribution in [0.2, 0.25) is 0 Å². The van der Waals surface area contributed by atoms with Crippen LogP contribution in [0.4, 0.5) is 5.69 Å². The molecule has 1 atom stereocenters. The molecule has 154 valence electrons. The zero-order chi connectivity index (χ0) is 19.9. The molecule has 7 nitrogen and oxygen atoms in total. The molecule has 0 aliphatic carbocycles. The summed E-state index contributed by atoms with van der Waals surface area (Å²) in [6, 6.07) is 12.8. The van der Waals surface area contributed by atoms with Crippen LogP contribution in [0.3, 0.4) is 0 Å². The van der Waals surface area contributed by atoms with Crippen LogP contribution < -0.4 is 20.1 Å². The smallest absolute Gasteiger partial charge is 0.262 e. The van der Waals surface area contributed by atoms with E-state index >= 15 is 0 Å². The summed E-state index contributed by atoms with van der Waals surface area (Å²) >= 11 is 0. The molecule has 1 amide bonds. The molecule has 0 spiro atoms. The molecule has 0 saturated carbocycles. The van der Waals surface area contributed by atoms with E-state index in [1.807, 2.05) is 13.8 Å². The third-order valence-corrected chi connectivity index (χ3v) is 5.24. The van der Waals surface area contributed by atoms with Gasteiger partial charge in [0.15, 0.2) is 0 Å². The summed E-state index contributed by atoms with van der Waals surface area (Å²) in [4.78, 5) is 12.3. The van der Waals surface area contributed by atoms with Gasteiger partial charge in [-0.3, -0.25) is 9.52 Å². The number of nitrogens with one attached hydrogen (secondary N) is 3. The van der Waals surface area contributed by atoms with Gasteiger partial charge in [-0.1, -0.05) is 25.1 Å². The number of hydrogen-bond acceptors (Lipinski definition) is 5. The summed E-state index contributed by atoms with van der Waals surface area (Å²) in [6.45, 7) is 5.20. The largest absolute Gasteiger partial charge is 0.495 e. The summed E-state index contributed by atoms with van der Waals surface area (Å²) in [5.74, 6) is 0.0847. The Labute approximate surface area is 172 Å². The Kier molecular flexibility index (Phi) is 9.24. The Hall–Kier alpha value is -2.29. The number of anilines is 1. The number of ether oxygens (including phenoxy) is 1. The van der Waals surface area contributed by atoms with Gasteiger partial charge in [0.05, 0.1) is 17.7 Å². The summed E-state index contributed by atoms with van der Waals surface area (Å²) in [5, 5.41) is 5.99. The number of carbonyl (C=O) groups excluding carboxylic acids is 1. The van der Waals surface area contributed by atoms with Crippen molar-refractivity contribution in [3.05, 3.63) is 54.1 Å². The standard InChI is InChI=1S/C19H25N3O4S.ClH/c1-4-20-14(2)13-21-19(23)15-8-7-9-16(12-15)27(24,25)22-17-10-5-6-11-18(17)26-3;/h5-12,14,20,22H,4,13H2,1-3H3,(H,21,23);1H/t14-;/m1./s1. The quantitative estimate of drug-likeness (QED) is 0.571. The fourth-order valence-corrected chi connectivity index (χ4v) is 3.62. The van der Waals surface area contributed by atoms with E-state index in [-0.39, 0.29) is 34.8 Å². The molecule has 0 bridgehead atoms. The predicted octanol–water partition coefficient (Wildman–Crippen LogP) is 2.65. The van der Waals surface area contributed by atoms with Gasteiger partial charge in [0.2, 0.25) is 0 Å². The fraction of sp³-hybridized carbons (Fsp3) is 0.316. The van der Waals surface area contributed by atoms with Gasteiger partial charge in [-0.05, 0) is 43.8 Å². The van der Waals surface area contributed by atoms with Gasteiger partial charge in [0.1, 0.15) is 5.75 Å². The van der Waals surface area contributed by atoms with E-state index in [9.17, 15) is 13.2 Å². The fourth-order valence-electron chi connectivity index (χ4n) is 2.51. The van der Waals surface area contributed by atoms with Crippen molar-refractivity contribution >= 4 is 34.0 Å². The van der Waals surface area contributed by atoms with Gasteiger partial charge < -0.3 is 15.4 Å². The average molecular weight is 428 g/mol. The molecule has 0 fully saturated rings. The number of benzene rings is 2. The highest BCUT2D eigenvalue weighted by Crippen LogP contribution is 2.26. The summed E-state index contributed by atoms with van der Waals surface area (Å²) in [5.41, 5.74) is 0.607. The van der Waals surface area contributed by atoms with Crippen LogP contribution in [0.25, 0.3) is 0 Å². The van der Waals surface area contributed by atoms with E-state index in [1.54, 1.807) is 36.4 Å². The van der Waals surface area contributed by atoms with Crippen LogP contribution in [-0.2, 0) is 10.0 Å². The predicted molar refractivity (Wildman–Crippen MR) is 113 cm³/mol. The van der Waals surface area contributed by atoms with Crippen molar-refractivity contribution in [2.45, 2.75) is 24.8 Å². The monoisotopic (exact) mass is 427 g/mol. The van der Waals surface area contributed by atoms with Crippen molar-refractivity contribution in [3.63, 3.8) is 0 Å². The van der Waals surface area contributed by atoms with E-state index in [2.05, 4.69) is 15.4 Å². The van der Waals surface area contributed by atoms with Crippen LogP contribution in [0, 0.1) is 0 Å². The number of halogens is 1. The number of carbonyl (C=O) groups is 1. The molecule has 0 aromatic heterocycles. The lowest BCUT2D eigenvalue weighted by atomic mass is 10.2. The van der Waals surface area contributed by atoms with Crippen molar-refractivity contribution in [3.8, 4) is 5.75 Å². The molecule has 0 aliphatic heterocycles. The van der Waals surface area contributed by atoms with Crippen molar-refractivity contribution in [2.24, 2.45) is 0 Å². The number of hydrogen-bond donors (Lipinski definition) is 3. The Morgan fingerprint density at radius 2 is 1.86 bits per heavy atom. The molecular formula is C19H26ClN3O4S. The first-order valence-corrected chi connectivity index (χ1v) is 10.1. The van der Waals surface area contributed by atoms with E-state index in [0.717, 1.165) is 6.54 Å². The first kappa shape index (κ1) is 23.7. The summed E-state index contributed by atoms with van der Waals surface area (Å²) in [6.07, 6.45) is 0. The minimum absolute atomic E-state index is 0. The number of likely N-dealkylation sites (N-methyl/N-ethyl adjacent to an activating group) is 1. The van der Waals surface area contributed by atoms with E-state index in [4.69, 9.17) is 4.74 Å². The van der Waals surface area contributed by atoms with Gasteiger partial charge in [0.25, 0.3) is 15.9 Å². The van der Waals surface area contributed by atoms with Gasteiger partial charge in [-0.15, -0.1) is 12.4 Å². The molecule has 2 aromatic rings. The molecule has 3 N–H and O–H groups in total. The molecular weight excluding hydrogens is 402 g/mol. The van der Waals surface area contributed by atoms with Gasteiger partial charge in [-0.2, -0.15) is 0 Å². The van der Waals surface area contributed by atoms with E-state index < -0.39 is 10.0 Å². The molecule has 0 heterocycles. The second kappa shape index (κ2) is 10.9. The van der Waals surface area contributed by atoms with Crippen LogP contribution in [-0.4, -0.2) is 40.6 Å². The third kappa shape index (κ3) is 6.40. The molecule has 9 heteroatoms. The highest BCUT2D eigenvalue weighted by Gasteiger charge is 2.18. The maximum atomic E-state index is 12.7. The number of sulfonamides is 1. The van der Waals surface area contributed by atoms with Crippen molar-refractivity contribution < 1.29 is 17.9 Å². The van der Waals surface area contributed by atoms with Crippen molar-refractivity contribution in [2.75, 3.05) is 24.9 Å². The molecule has 0 radical (unpaired) electrons. The molecule has 28 heavy (non-hydrogen) atoms. The second-order valence-corrected chi connectivity index (χ2v) is 7.68. The van der Waals surface area contributed by atoms with Gasteiger partial charge in [0, 0.05) is 18.2 Å². The highest BCUT2D eigenvalue weighted by atomic mass is 35.5. The molecule has 2 rings (SSSR count). The topological polar surface area (TPSA) is 96.5 Å². The lowest BCUT2D eigenvalue weighted by Gasteiger charge is -2.14. The van der Waals surface area contributed by atoms with Crippen LogP contribution >= 0.6 is 12.4 Å². The van der Waals surface area contributed by atoms with Crippen LogP contribution in [0.1, 0.15) is 24.2 Å². The van der Waals surface area contributed by atoms with E-state index in [0.29, 0.717) is 18.0 Å². The Balaban J connectivity index is 0.00000392. The molecule has 2 aromatic carbocycles. The minimum Gasteiger partial charge on any atom is -0.495 e. The third-order valence-electron chi connectivity index (χ3n) is 3.88. The zero-order valence-corrected chi connectivity index (χ0v) is 17.7. The number of rotatable bonds is 9. The Morgan fingerprint density at radius 1 is 1.14 bits per heavy atom. The maximum Gasteiger partial charge on any atom is 0.262 e. The van der Waals surface area contributed by atoms with Crippen LogP contribution in [0.15, 0.2) is 53.4 Å². The second-order valence-electron chi connectivity index (χ2n) is 6.00. The number of methoxy groups -OCH3 is 1. The Bertz CT molecular complexity index is 890. The molecule has 0 saturated heterocycles. The first-order chi connectivity index (χ1) is 12.9. The lowest BCUT2D eigenvalue weighted by molar-refractivity contribution is 0.0950. The van der Waals surface area contributed by atoms with Crippen molar-refractivity contribution in [1.82, 2.24) is 10.6 Å². The molecule has 0 unspecified atom stereocenters. The average Bonchev–Trinajstić information content (AvgIpc) is 2.66. The SMILES string of the molecule is CCN[C@H](C)CNC(=O)c1cccc(S(=O)(=O)Nc2ccccc2OC)c1.Cl. The highest BCUT2D eigenvalue weighted by molar-refractivity contribution is 7.92. The number of para-hydroxylation sites is 2. The van der Waals surface area contributed by atoms with Gasteiger partial charge >= 0.3 is 0 Å². The summed E-state index contributed by atoms with van der Waals surface area (Å²) < 4.78 is 33.0. The van der Waals surface area contributed by atoms with Crippen LogP contribution in [0.5, 0.6) is 5.75 Å². The zero-order valence-electron chi connectivity index (χ0n) is 16.1. The first-order valence-electron chi connectivity index (χ1n) is 8.65. The normalized spacial score (nSPS) is 11.8. The minimum atomic E-state index is -3.86. The summed E-state index contributed by atoms with van der Waals surface area (Å²) in [7, 11) is -2.40.